The molecule has 4 aromatic rings. The molecule has 12 heteroatoms. The monoisotopic (exact) mass is 501 g/mol. The van der Waals surface area contributed by atoms with Crippen LogP contribution in [0.4, 0.5) is 24.8 Å². The predicted octanol–water partition coefficient (Wildman–Crippen LogP) is 4.58. The number of benzene rings is 2. The summed E-state index contributed by atoms with van der Waals surface area (Å²) in [5.74, 6) is -6.41. The Morgan fingerprint density at radius 3 is 2.51 bits per heavy atom. The smallest absolute Gasteiger partial charge is 0.237 e. The molecule has 8 nitrogen and oxygen atoms in total. The molecule has 2 aromatic heterocycles. The molecule has 0 unspecified atom stereocenters. The Labute approximate surface area is 198 Å². The molecule has 0 radical (unpaired) electrons. The number of ether oxygens (including phenoxy) is 1. The quantitative estimate of drug-likeness (QED) is 0.356. The summed E-state index contributed by atoms with van der Waals surface area (Å²) in [6.07, 6.45) is 2.70. The van der Waals surface area contributed by atoms with Crippen molar-refractivity contribution in [3.05, 3.63) is 89.5 Å². The first kappa shape index (κ1) is 24.0. The number of sulfonamides is 1. The van der Waals surface area contributed by atoms with Gasteiger partial charge in [0, 0.05) is 18.5 Å². The summed E-state index contributed by atoms with van der Waals surface area (Å²) in [6, 6.07) is 11.7. The highest BCUT2D eigenvalue weighted by molar-refractivity contribution is 7.91. The van der Waals surface area contributed by atoms with Crippen molar-refractivity contribution in [1.29, 1.82) is 0 Å². The van der Waals surface area contributed by atoms with Gasteiger partial charge in [-0.3, -0.25) is 4.72 Å². The highest BCUT2D eigenvalue weighted by Crippen LogP contribution is 2.35. The van der Waals surface area contributed by atoms with Crippen LogP contribution in [0.3, 0.4) is 0 Å². The van der Waals surface area contributed by atoms with Gasteiger partial charge in [-0.2, -0.15) is 4.39 Å². The predicted molar refractivity (Wildman–Crippen MR) is 123 cm³/mol. The molecular weight excluding hydrogens is 483 g/mol. The van der Waals surface area contributed by atoms with E-state index in [2.05, 4.69) is 15.0 Å². The third-order valence-corrected chi connectivity index (χ3v) is 6.12. The van der Waals surface area contributed by atoms with E-state index in [4.69, 9.17) is 10.5 Å². The number of pyridine rings is 1. The number of halogens is 3. The molecule has 0 aliphatic heterocycles. The van der Waals surface area contributed by atoms with Crippen molar-refractivity contribution in [1.82, 2.24) is 15.0 Å². The van der Waals surface area contributed by atoms with Gasteiger partial charge in [-0.05, 0) is 36.2 Å². The fourth-order valence-electron chi connectivity index (χ4n) is 3.20. The maximum atomic E-state index is 14.8. The van der Waals surface area contributed by atoms with Gasteiger partial charge in [0.1, 0.15) is 5.69 Å². The second-order valence-electron chi connectivity index (χ2n) is 7.41. The van der Waals surface area contributed by atoms with E-state index < -0.39 is 44.7 Å². The van der Waals surface area contributed by atoms with Gasteiger partial charge in [0.25, 0.3) is 0 Å². The summed E-state index contributed by atoms with van der Waals surface area (Å²) in [5, 5.41) is 0. The lowest BCUT2D eigenvalue weighted by molar-refractivity contribution is 0.401. The first-order valence-electron chi connectivity index (χ1n) is 10.1. The molecule has 0 saturated heterocycles. The second-order valence-corrected chi connectivity index (χ2v) is 9.13. The highest BCUT2D eigenvalue weighted by atomic mass is 32.2. The Morgan fingerprint density at radius 2 is 1.77 bits per heavy atom. The lowest BCUT2D eigenvalue weighted by atomic mass is 10.1. The molecule has 0 saturated carbocycles. The van der Waals surface area contributed by atoms with Crippen molar-refractivity contribution < 1.29 is 26.3 Å². The standard InChI is InChI=1S/C23H18F3N5O3S/c1-13-5-2-3-6-14(13)12-35(32,33)31-21-16(24)11-18(19(25)20(21)26)34-22-15(7-4-9-28-22)17-8-10-29-23(27)30-17/h2-11,31H,12H2,1H3,(H2,27,29,30). The first-order chi connectivity index (χ1) is 16.6. The van der Waals surface area contributed by atoms with Crippen LogP contribution >= 0.6 is 0 Å². The minimum atomic E-state index is -4.27. The van der Waals surface area contributed by atoms with Gasteiger partial charge in [0.15, 0.2) is 17.4 Å². The number of nitrogens with zero attached hydrogens (tertiary/aromatic N) is 3. The van der Waals surface area contributed by atoms with E-state index in [0.29, 0.717) is 17.2 Å². The zero-order chi connectivity index (χ0) is 25.2. The van der Waals surface area contributed by atoms with E-state index in [1.807, 2.05) is 0 Å². The Balaban J connectivity index is 1.64. The van der Waals surface area contributed by atoms with Crippen LogP contribution in [0, 0.1) is 24.4 Å². The average Bonchev–Trinajstić information content (AvgIpc) is 2.82. The number of aromatic nitrogens is 3. The van der Waals surface area contributed by atoms with Crippen molar-refractivity contribution in [3.63, 3.8) is 0 Å². The number of rotatable bonds is 7. The van der Waals surface area contributed by atoms with Gasteiger partial charge in [-0.25, -0.2) is 32.2 Å². The molecule has 2 aromatic carbocycles. The van der Waals surface area contributed by atoms with Crippen molar-refractivity contribution in [2.75, 3.05) is 10.5 Å². The Hall–Kier alpha value is -4.19. The van der Waals surface area contributed by atoms with E-state index in [1.54, 1.807) is 42.0 Å². The minimum Gasteiger partial charge on any atom is -0.435 e. The average molecular weight is 501 g/mol. The maximum Gasteiger partial charge on any atom is 0.237 e. The molecule has 2 heterocycles. The number of nitrogens with one attached hydrogen (secondary N) is 1. The van der Waals surface area contributed by atoms with Gasteiger partial charge < -0.3 is 10.5 Å². The fraction of sp³-hybridized carbons (Fsp3) is 0.0870. The third kappa shape index (κ3) is 5.32. The summed E-state index contributed by atoms with van der Waals surface area (Å²) in [6.45, 7) is 1.69. The summed E-state index contributed by atoms with van der Waals surface area (Å²) in [4.78, 5) is 11.8. The lowest BCUT2D eigenvalue weighted by Crippen LogP contribution is -2.18. The van der Waals surface area contributed by atoms with E-state index in [1.165, 1.54) is 24.5 Å². The highest BCUT2D eigenvalue weighted by Gasteiger charge is 2.25. The van der Waals surface area contributed by atoms with Crippen molar-refractivity contribution >= 4 is 21.7 Å². The van der Waals surface area contributed by atoms with Crippen molar-refractivity contribution in [2.24, 2.45) is 0 Å². The van der Waals surface area contributed by atoms with Gasteiger partial charge in [-0.15, -0.1) is 0 Å². The number of aryl methyl sites for hydroxylation is 1. The van der Waals surface area contributed by atoms with E-state index in [-0.39, 0.29) is 23.1 Å². The van der Waals surface area contributed by atoms with Crippen LogP contribution in [0.5, 0.6) is 11.6 Å². The lowest BCUT2D eigenvalue weighted by Gasteiger charge is -2.14. The molecule has 0 spiro atoms. The van der Waals surface area contributed by atoms with E-state index >= 15 is 0 Å². The Morgan fingerprint density at radius 1 is 1.00 bits per heavy atom. The molecule has 4 rings (SSSR count). The zero-order valence-corrected chi connectivity index (χ0v) is 19.0. The van der Waals surface area contributed by atoms with Crippen LogP contribution < -0.4 is 15.2 Å². The first-order valence-corrected chi connectivity index (χ1v) is 11.7. The zero-order valence-electron chi connectivity index (χ0n) is 18.2. The second kappa shape index (κ2) is 9.58. The maximum absolute atomic E-state index is 14.8. The van der Waals surface area contributed by atoms with Crippen LogP contribution in [0.15, 0.2) is 60.9 Å². The fourth-order valence-corrected chi connectivity index (χ4v) is 4.51. The molecule has 180 valence electrons. The Bertz CT molecular complexity index is 1520. The minimum absolute atomic E-state index is 0.0390. The number of hydrogen-bond acceptors (Lipinski definition) is 7. The molecule has 0 fully saturated rings. The summed E-state index contributed by atoms with van der Waals surface area (Å²) in [5.41, 5.74) is 6.06. The number of nitrogen functional groups attached to an aromatic ring is 1. The molecule has 0 atom stereocenters. The largest absolute Gasteiger partial charge is 0.435 e. The molecule has 0 aliphatic carbocycles. The van der Waals surface area contributed by atoms with Crippen LogP contribution in [0.1, 0.15) is 11.1 Å². The summed E-state index contributed by atoms with van der Waals surface area (Å²) >= 11 is 0. The van der Waals surface area contributed by atoms with Crippen LogP contribution in [0.2, 0.25) is 0 Å². The van der Waals surface area contributed by atoms with Crippen molar-refractivity contribution in [2.45, 2.75) is 12.7 Å². The third-order valence-electron chi connectivity index (χ3n) is 4.92. The van der Waals surface area contributed by atoms with E-state index in [9.17, 15) is 21.6 Å². The van der Waals surface area contributed by atoms with E-state index in [0.717, 1.165) is 0 Å². The molecule has 3 N–H and O–H groups in total. The van der Waals surface area contributed by atoms with Gasteiger partial charge in [0.05, 0.1) is 17.0 Å². The molecule has 0 bridgehead atoms. The number of anilines is 2. The summed E-state index contributed by atoms with van der Waals surface area (Å²) in [7, 11) is -4.27. The van der Waals surface area contributed by atoms with Gasteiger partial charge in [0.2, 0.25) is 27.7 Å². The summed E-state index contributed by atoms with van der Waals surface area (Å²) < 4.78 is 76.5. The molecular formula is C23H18F3N5O3S. The molecule has 0 aliphatic rings. The normalized spacial score (nSPS) is 11.3. The van der Waals surface area contributed by atoms with Crippen LogP contribution in [-0.4, -0.2) is 23.4 Å². The number of nitrogens with two attached hydrogens (primary N) is 1. The SMILES string of the molecule is Cc1ccccc1CS(=O)(=O)Nc1c(F)cc(Oc2ncccc2-c2ccnc(N)n2)c(F)c1F. The van der Waals surface area contributed by atoms with Gasteiger partial charge in [-0.1, -0.05) is 24.3 Å². The molecule has 35 heavy (non-hydrogen) atoms. The topological polar surface area (TPSA) is 120 Å². The number of hydrogen-bond donors (Lipinski definition) is 2. The van der Waals surface area contributed by atoms with Crippen LogP contribution in [0.25, 0.3) is 11.3 Å². The van der Waals surface area contributed by atoms with Crippen molar-refractivity contribution in [3.8, 4) is 22.9 Å². The van der Waals surface area contributed by atoms with Gasteiger partial charge >= 0.3 is 0 Å². The molecule has 0 amide bonds. The van der Waals surface area contributed by atoms with Crippen LogP contribution in [-0.2, 0) is 15.8 Å². The Kier molecular flexibility index (Phi) is 6.56.